The molecule has 10 heteroatoms. The van der Waals surface area contributed by atoms with Crippen LogP contribution in [0.3, 0.4) is 0 Å². The second-order valence-corrected chi connectivity index (χ2v) is 6.11. The average Bonchev–Trinajstić information content (AvgIpc) is 2.90. The number of aromatic nitrogens is 3. The molecule has 21 heavy (non-hydrogen) atoms. The number of carbonyl (C=O) groups is 1. The first kappa shape index (κ1) is 15.2. The standard InChI is InChI=1S/C11H14N4O5S/c1-6-9(11(16)17)10(7(2)20-6)21(18,19)13-4-8-14-12-5-15(8)3/h5,13H,4H2,1-3H3,(H,16,17). The zero-order valence-corrected chi connectivity index (χ0v) is 12.4. The Morgan fingerprint density at radius 1 is 1.43 bits per heavy atom. The third-order valence-corrected chi connectivity index (χ3v) is 4.47. The van der Waals surface area contributed by atoms with E-state index in [2.05, 4.69) is 14.9 Å². The summed E-state index contributed by atoms with van der Waals surface area (Å²) >= 11 is 0. The molecule has 0 aliphatic carbocycles. The smallest absolute Gasteiger partial charge is 0.340 e. The number of rotatable bonds is 5. The SMILES string of the molecule is Cc1oc(C)c(S(=O)(=O)NCc2nncn2C)c1C(=O)O. The molecule has 0 aliphatic rings. The van der Waals surface area contributed by atoms with E-state index in [1.807, 2.05) is 0 Å². The lowest BCUT2D eigenvalue weighted by Crippen LogP contribution is -2.26. The maximum Gasteiger partial charge on any atom is 0.340 e. The van der Waals surface area contributed by atoms with Crippen molar-refractivity contribution in [2.45, 2.75) is 25.3 Å². The largest absolute Gasteiger partial charge is 0.478 e. The second kappa shape index (κ2) is 5.30. The van der Waals surface area contributed by atoms with Gasteiger partial charge in [-0.25, -0.2) is 17.9 Å². The lowest BCUT2D eigenvalue weighted by atomic mass is 10.2. The third-order valence-electron chi connectivity index (χ3n) is 2.91. The Kier molecular flexibility index (Phi) is 3.83. The van der Waals surface area contributed by atoms with Gasteiger partial charge >= 0.3 is 5.97 Å². The number of nitrogens with one attached hydrogen (secondary N) is 1. The van der Waals surface area contributed by atoms with Crippen LogP contribution in [0.1, 0.15) is 27.7 Å². The Morgan fingerprint density at radius 3 is 2.62 bits per heavy atom. The van der Waals surface area contributed by atoms with Crippen LogP contribution in [0, 0.1) is 13.8 Å². The Morgan fingerprint density at radius 2 is 2.10 bits per heavy atom. The summed E-state index contributed by atoms with van der Waals surface area (Å²) in [5.41, 5.74) is -0.363. The van der Waals surface area contributed by atoms with E-state index < -0.39 is 16.0 Å². The van der Waals surface area contributed by atoms with Crippen LogP contribution in [-0.4, -0.2) is 34.3 Å². The molecular weight excluding hydrogens is 300 g/mol. The van der Waals surface area contributed by atoms with Gasteiger partial charge in [-0.2, -0.15) is 0 Å². The van der Waals surface area contributed by atoms with E-state index in [0.29, 0.717) is 5.82 Å². The van der Waals surface area contributed by atoms with Gasteiger partial charge in [0.15, 0.2) is 0 Å². The molecule has 0 radical (unpaired) electrons. The topological polar surface area (TPSA) is 127 Å². The van der Waals surface area contributed by atoms with Crippen molar-refractivity contribution in [2.75, 3.05) is 0 Å². The number of carboxylic acids is 1. The molecule has 0 spiro atoms. The molecule has 0 atom stereocenters. The normalized spacial score (nSPS) is 11.8. The molecule has 0 amide bonds. The van der Waals surface area contributed by atoms with Crippen LogP contribution in [0.5, 0.6) is 0 Å². The Labute approximate surface area is 120 Å². The molecule has 2 aromatic heterocycles. The molecule has 0 bridgehead atoms. The van der Waals surface area contributed by atoms with E-state index in [0.717, 1.165) is 0 Å². The predicted octanol–water partition coefficient (Wildman–Crippen LogP) is 0.202. The highest BCUT2D eigenvalue weighted by molar-refractivity contribution is 7.89. The quantitative estimate of drug-likeness (QED) is 0.807. The minimum Gasteiger partial charge on any atom is -0.478 e. The highest BCUT2D eigenvalue weighted by Crippen LogP contribution is 2.26. The van der Waals surface area contributed by atoms with Gasteiger partial charge in [0, 0.05) is 7.05 Å². The van der Waals surface area contributed by atoms with Crippen molar-refractivity contribution in [2.24, 2.45) is 7.05 Å². The van der Waals surface area contributed by atoms with Gasteiger partial charge in [-0.1, -0.05) is 0 Å². The van der Waals surface area contributed by atoms with Gasteiger partial charge in [0.1, 0.15) is 34.1 Å². The number of sulfonamides is 1. The predicted molar refractivity (Wildman–Crippen MR) is 70.2 cm³/mol. The van der Waals surface area contributed by atoms with Gasteiger partial charge in [0.25, 0.3) is 0 Å². The number of nitrogens with zero attached hydrogens (tertiary/aromatic N) is 3. The Balaban J connectivity index is 2.36. The van der Waals surface area contributed by atoms with E-state index in [4.69, 9.17) is 9.52 Å². The highest BCUT2D eigenvalue weighted by Gasteiger charge is 2.30. The number of hydrogen-bond donors (Lipinski definition) is 2. The monoisotopic (exact) mass is 314 g/mol. The van der Waals surface area contributed by atoms with Crippen molar-refractivity contribution in [1.82, 2.24) is 19.5 Å². The van der Waals surface area contributed by atoms with Crippen molar-refractivity contribution >= 4 is 16.0 Å². The van der Waals surface area contributed by atoms with Crippen LogP contribution in [0.2, 0.25) is 0 Å². The molecule has 0 fully saturated rings. The molecule has 0 saturated carbocycles. The summed E-state index contributed by atoms with van der Waals surface area (Å²) < 4.78 is 33.6. The Hall–Kier alpha value is -2.20. The van der Waals surface area contributed by atoms with Crippen molar-refractivity contribution in [3.8, 4) is 0 Å². The average molecular weight is 314 g/mol. The fourth-order valence-corrected chi connectivity index (χ4v) is 3.32. The molecule has 0 saturated heterocycles. The van der Waals surface area contributed by atoms with E-state index in [1.165, 1.54) is 20.2 Å². The number of aryl methyl sites for hydroxylation is 3. The van der Waals surface area contributed by atoms with E-state index >= 15 is 0 Å². The van der Waals surface area contributed by atoms with Crippen LogP contribution in [0.4, 0.5) is 0 Å². The van der Waals surface area contributed by atoms with Crippen molar-refractivity contribution < 1.29 is 22.7 Å². The lowest BCUT2D eigenvalue weighted by Gasteiger charge is -2.06. The summed E-state index contributed by atoms with van der Waals surface area (Å²) in [6.07, 6.45) is 1.43. The van der Waals surface area contributed by atoms with E-state index in [1.54, 1.807) is 11.6 Å². The van der Waals surface area contributed by atoms with Gasteiger partial charge in [-0.05, 0) is 13.8 Å². The third kappa shape index (κ3) is 2.81. The molecule has 2 rings (SSSR count). The Bertz CT molecular complexity index is 790. The first-order valence-corrected chi connectivity index (χ1v) is 7.38. The first-order chi connectivity index (χ1) is 9.74. The zero-order valence-electron chi connectivity index (χ0n) is 11.6. The fraction of sp³-hybridized carbons (Fsp3) is 0.364. The van der Waals surface area contributed by atoms with Gasteiger partial charge in [-0.15, -0.1) is 10.2 Å². The van der Waals surface area contributed by atoms with Crippen LogP contribution >= 0.6 is 0 Å². The van der Waals surface area contributed by atoms with Crippen LogP contribution in [-0.2, 0) is 23.6 Å². The van der Waals surface area contributed by atoms with Crippen molar-refractivity contribution in [1.29, 1.82) is 0 Å². The number of carboxylic acid groups (broad SMARTS) is 1. The van der Waals surface area contributed by atoms with Crippen molar-refractivity contribution in [3.05, 3.63) is 29.2 Å². The summed E-state index contributed by atoms with van der Waals surface area (Å²) in [4.78, 5) is 10.8. The molecule has 2 heterocycles. The summed E-state index contributed by atoms with van der Waals surface area (Å²) in [6, 6.07) is 0. The molecule has 9 nitrogen and oxygen atoms in total. The molecule has 0 aliphatic heterocycles. The number of hydrogen-bond acceptors (Lipinski definition) is 6. The highest BCUT2D eigenvalue weighted by atomic mass is 32.2. The number of aromatic carboxylic acids is 1. The van der Waals surface area contributed by atoms with Gasteiger partial charge in [0.2, 0.25) is 10.0 Å². The summed E-state index contributed by atoms with van der Waals surface area (Å²) in [6.45, 7) is 2.69. The summed E-state index contributed by atoms with van der Waals surface area (Å²) in [7, 11) is -2.38. The molecule has 2 N–H and O–H groups in total. The van der Waals surface area contributed by atoms with Gasteiger partial charge < -0.3 is 14.1 Å². The summed E-state index contributed by atoms with van der Waals surface area (Å²) in [5.74, 6) is -0.897. The molecule has 0 unspecified atom stereocenters. The minimum atomic E-state index is -4.04. The van der Waals surface area contributed by atoms with E-state index in [9.17, 15) is 13.2 Å². The minimum absolute atomic E-state index is 0.0235. The zero-order chi connectivity index (χ0) is 15.8. The van der Waals surface area contributed by atoms with Crippen LogP contribution in [0.15, 0.2) is 15.6 Å². The van der Waals surface area contributed by atoms with Crippen molar-refractivity contribution in [3.63, 3.8) is 0 Å². The molecule has 0 aromatic carbocycles. The van der Waals surface area contributed by atoms with Crippen LogP contribution in [0.25, 0.3) is 0 Å². The second-order valence-electron chi connectivity index (χ2n) is 4.41. The molecule has 2 aromatic rings. The van der Waals surface area contributed by atoms with E-state index in [-0.39, 0.29) is 28.5 Å². The molecular formula is C11H14N4O5S. The van der Waals surface area contributed by atoms with Gasteiger partial charge in [-0.3, -0.25) is 0 Å². The maximum absolute atomic E-state index is 12.3. The first-order valence-electron chi connectivity index (χ1n) is 5.90. The van der Waals surface area contributed by atoms with Crippen LogP contribution < -0.4 is 4.72 Å². The fourth-order valence-electron chi connectivity index (χ4n) is 1.93. The lowest BCUT2D eigenvalue weighted by molar-refractivity contribution is 0.0691. The van der Waals surface area contributed by atoms with Gasteiger partial charge in [0.05, 0.1) is 6.54 Å². The number of furan rings is 1. The summed E-state index contributed by atoms with van der Waals surface area (Å²) in [5, 5.41) is 16.5. The maximum atomic E-state index is 12.3. The molecule has 114 valence electrons.